The van der Waals surface area contributed by atoms with E-state index in [0.29, 0.717) is 17.9 Å². The fourth-order valence-corrected chi connectivity index (χ4v) is 1.57. The zero-order chi connectivity index (χ0) is 9.97. The molecule has 1 aromatic carbocycles. The van der Waals surface area contributed by atoms with Crippen molar-refractivity contribution in [3.8, 4) is 5.75 Å². The molecule has 72 valence electrons. The number of ether oxygens (including phenoxy) is 1. The number of Topliss-reactive ketones (excluding diaryl/α,β-unsaturated/α-hetero) is 1. The lowest BCUT2D eigenvalue weighted by Gasteiger charge is -2.22. The smallest absolute Gasteiger partial charge is 0.173 e. The Morgan fingerprint density at radius 1 is 1.43 bits per heavy atom. The molecule has 0 radical (unpaired) electrons. The summed E-state index contributed by atoms with van der Waals surface area (Å²) < 4.78 is 5.38. The van der Waals surface area contributed by atoms with Crippen molar-refractivity contribution in [3.05, 3.63) is 29.8 Å². The maximum absolute atomic E-state index is 11.8. The molecule has 1 heterocycles. The van der Waals surface area contributed by atoms with Gasteiger partial charge >= 0.3 is 0 Å². The van der Waals surface area contributed by atoms with Crippen molar-refractivity contribution in [2.45, 2.75) is 6.42 Å². The zero-order valence-electron chi connectivity index (χ0n) is 7.60. The van der Waals surface area contributed by atoms with Gasteiger partial charge in [-0.3, -0.25) is 4.79 Å². The van der Waals surface area contributed by atoms with E-state index >= 15 is 0 Å². The van der Waals surface area contributed by atoms with Crippen LogP contribution in [0.3, 0.4) is 0 Å². The first kappa shape index (κ1) is 8.94. The van der Waals surface area contributed by atoms with Crippen molar-refractivity contribution >= 4 is 12.1 Å². The minimum atomic E-state index is -0.303. The molecule has 0 saturated carbocycles. The maximum Gasteiger partial charge on any atom is 0.173 e. The first-order valence-electron chi connectivity index (χ1n) is 4.52. The quantitative estimate of drug-likeness (QED) is 0.663. The molecule has 0 N–H and O–H groups in total. The predicted octanol–water partition coefficient (Wildman–Crippen LogP) is 1.47. The van der Waals surface area contributed by atoms with Gasteiger partial charge in [0, 0.05) is 6.42 Å². The molecule has 0 saturated heterocycles. The summed E-state index contributed by atoms with van der Waals surface area (Å²) in [5, 5.41) is 0. The van der Waals surface area contributed by atoms with Gasteiger partial charge in [0.2, 0.25) is 0 Å². The topological polar surface area (TPSA) is 43.4 Å². The van der Waals surface area contributed by atoms with Crippen LogP contribution >= 0.6 is 0 Å². The highest BCUT2D eigenvalue weighted by molar-refractivity contribution is 6.02. The average molecular weight is 190 g/mol. The van der Waals surface area contributed by atoms with Crippen LogP contribution in [-0.2, 0) is 4.79 Å². The lowest BCUT2D eigenvalue weighted by atomic mass is 9.93. The van der Waals surface area contributed by atoms with Crippen molar-refractivity contribution in [1.29, 1.82) is 0 Å². The first-order valence-corrected chi connectivity index (χ1v) is 4.52. The molecule has 0 unspecified atom stereocenters. The van der Waals surface area contributed by atoms with Gasteiger partial charge < -0.3 is 9.53 Å². The van der Waals surface area contributed by atoms with E-state index in [1.165, 1.54) is 0 Å². The van der Waals surface area contributed by atoms with Crippen molar-refractivity contribution in [1.82, 2.24) is 0 Å². The van der Waals surface area contributed by atoms with E-state index in [1.807, 2.05) is 6.07 Å². The molecule has 3 heteroatoms. The number of hydrogen-bond acceptors (Lipinski definition) is 3. The second kappa shape index (κ2) is 3.62. The van der Waals surface area contributed by atoms with Crippen molar-refractivity contribution in [3.63, 3.8) is 0 Å². The number of rotatable bonds is 2. The van der Waals surface area contributed by atoms with Crippen LogP contribution in [0, 0.1) is 5.92 Å². The van der Waals surface area contributed by atoms with E-state index in [0.717, 1.165) is 6.29 Å². The highest BCUT2D eigenvalue weighted by atomic mass is 16.5. The summed E-state index contributed by atoms with van der Waals surface area (Å²) in [5.41, 5.74) is 0.589. The molecule has 0 fully saturated rings. The summed E-state index contributed by atoms with van der Waals surface area (Å²) in [6.45, 7) is 0.314. The van der Waals surface area contributed by atoms with Crippen LogP contribution in [0.15, 0.2) is 24.3 Å². The van der Waals surface area contributed by atoms with Crippen LogP contribution in [0.4, 0.5) is 0 Å². The molecule has 14 heavy (non-hydrogen) atoms. The van der Waals surface area contributed by atoms with Crippen LogP contribution in [0.25, 0.3) is 0 Å². The number of aldehydes is 1. The lowest BCUT2D eigenvalue weighted by Crippen LogP contribution is -2.27. The van der Waals surface area contributed by atoms with Gasteiger partial charge in [-0.2, -0.15) is 0 Å². The second-order valence-corrected chi connectivity index (χ2v) is 3.27. The second-order valence-electron chi connectivity index (χ2n) is 3.27. The molecule has 2 rings (SSSR count). The van der Waals surface area contributed by atoms with Crippen molar-refractivity contribution in [2.75, 3.05) is 6.61 Å². The van der Waals surface area contributed by atoms with E-state index < -0.39 is 0 Å². The van der Waals surface area contributed by atoms with Gasteiger partial charge in [-0.15, -0.1) is 0 Å². The highest BCUT2D eigenvalue weighted by Crippen LogP contribution is 2.27. The summed E-state index contributed by atoms with van der Waals surface area (Å²) in [6, 6.07) is 7.12. The highest BCUT2D eigenvalue weighted by Gasteiger charge is 2.27. The molecule has 1 aliphatic heterocycles. The number of hydrogen-bond donors (Lipinski definition) is 0. The van der Waals surface area contributed by atoms with Gasteiger partial charge in [0.25, 0.3) is 0 Å². The minimum absolute atomic E-state index is 0.0129. The molecule has 0 aliphatic carbocycles. The monoisotopic (exact) mass is 190 g/mol. The Morgan fingerprint density at radius 2 is 2.21 bits per heavy atom. The summed E-state index contributed by atoms with van der Waals surface area (Å²) in [6.07, 6.45) is 1.01. The standard InChI is InChI=1S/C11H10O3/c12-6-5-8-7-14-10-4-2-1-3-9(10)11(8)13/h1-4,6,8H,5,7H2/t8-/m0/s1. The third-order valence-corrected chi connectivity index (χ3v) is 2.34. The normalized spacial score (nSPS) is 19.7. The van der Waals surface area contributed by atoms with Gasteiger partial charge in [-0.1, -0.05) is 12.1 Å². The van der Waals surface area contributed by atoms with Crippen LogP contribution in [0.1, 0.15) is 16.8 Å². The molecule has 1 atom stereocenters. The summed E-state index contributed by atoms with van der Waals surface area (Å²) in [5.74, 6) is 0.334. The fourth-order valence-electron chi connectivity index (χ4n) is 1.57. The largest absolute Gasteiger partial charge is 0.492 e. The third kappa shape index (κ3) is 1.41. The van der Waals surface area contributed by atoms with Gasteiger partial charge in [-0.25, -0.2) is 0 Å². The van der Waals surface area contributed by atoms with Gasteiger partial charge in [0.15, 0.2) is 5.78 Å². The van der Waals surface area contributed by atoms with Gasteiger partial charge in [0.1, 0.15) is 12.0 Å². The molecule has 0 amide bonds. The number of carbonyl (C=O) groups is 2. The molecule has 0 aromatic heterocycles. The Bertz CT molecular complexity index is 371. The molecular weight excluding hydrogens is 180 g/mol. The Balaban J connectivity index is 2.31. The van der Waals surface area contributed by atoms with E-state index in [4.69, 9.17) is 4.74 Å². The molecule has 0 bridgehead atoms. The van der Waals surface area contributed by atoms with E-state index in [1.54, 1.807) is 18.2 Å². The molecule has 1 aromatic rings. The average Bonchev–Trinajstić information content (AvgIpc) is 2.23. The fraction of sp³-hybridized carbons (Fsp3) is 0.273. The van der Waals surface area contributed by atoms with Gasteiger partial charge in [0.05, 0.1) is 18.1 Å². The number of para-hydroxylation sites is 1. The number of carbonyl (C=O) groups excluding carboxylic acids is 2. The molecular formula is C11H10O3. The molecule has 3 nitrogen and oxygen atoms in total. The van der Waals surface area contributed by atoms with Crippen molar-refractivity contribution in [2.24, 2.45) is 5.92 Å². The van der Waals surface area contributed by atoms with Gasteiger partial charge in [-0.05, 0) is 12.1 Å². The van der Waals surface area contributed by atoms with Crippen molar-refractivity contribution < 1.29 is 14.3 Å². The van der Waals surface area contributed by atoms with Crippen LogP contribution in [-0.4, -0.2) is 18.7 Å². The minimum Gasteiger partial charge on any atom is -0.492 e. The van der Waals surface area contributed by atoms with E-state index in [2.05, 4.69) is 0 Å². The Kier molecular flexibility index (Phi) is 2.31. The number of fused-ring (bicyclic) bond motifs is 1. The third-order valence-electron chi connectivity index (χ3n) is 2.34. The maximum atomic E-state index is 11.8. The van der Waals surface area contributed by atoms with Crippen LogP contribution in [0.2, 0.25) is 0 Å². The predicted molar refractivity (Wildman–Crippen MR) is 50.4 cm³/mol. The summed E-state index contributed by atoms with van der Waals surface area (Å²) in [4.78, 5) is 22.1. The number of ketones is 1. The Hall–Kier alpha value is -1.64. The lowest BCUT2D eigenvalue weighted by molar-refractivity contribution is -0.108. The molecule has 0 spiro atoms. The van der Waals surface area contributed by atoms with E-state index in [-0.39, 0.29) is 18.1 Å². The first-order chi connectivity index (χ1) is 6.83. The Morgan fingerprint density at radius 3 is 3.00 bits per heavy atom. The summed E-state index contributed by atoms with van der Waals surface area (Å²) in [7, 11) is 0. The van der Waals surface area contributed by atoms with Crippen LogP contribution < -0.4 is 4.74 Å². The SMILES string of the molecule is O=CC[C@H]1COc2ccccc2C1=O. The zero-order valence-corrected chi connectivity index (χ0v) is 7.60. The van der Waals surface area contributed by atoms with Crippen LogP contribution in [0.5, 0.6) is 5.75 Å². The number of benzene rings is 1. The molecule has 1 aliphatic rings. The summed E-state index contributed by atoms with van der Waals surface area (Å²) >= 11 is 0. The Labute approximate surface area is 81.7 Å². The van der Waals surface area contributed by atoms with E-state index in [9.17, 15) is 9.59 Å².